The van der Waals surface area contributed by atoms with Crippen LogP contribution in [0.3, 0.4) is 0 Å². The number of rotatable bonds is 7. The topological polar surface area (TPSA) is 95.5 Å². The summed E-state index contributed by atoms with van der Waals surface area (Å²) in [5.74, 6) is -0.306. The van der Waals surface area contributed by atoms with Crippen LogP contribution in [0.2, 0.25) is 0 Å². The highest BCUT2D eigenvalue weighted by molar-refractivity contribution is 7.89. The number of sulfonamides is 1. The summed E-state index contributed by atoms with van der Waals surface area (Å²) in [6, 6.07) is 5.08. The molecule has 0 saturated carbocycles. The van der Waals surface area contributed by atoms with Gasteiger partial charge in [0, 0.05) is 19.5 Å². The maximum Gasteiger partial charge on any atom is 0.240 e. The molecule has 0 aliphatic carbocycles. The number of aliphatic hydroxyl groups excluding tert-OH is 1. The number of hydrogen-bond donors (Lipinski definition) is 3. The van der Waals surface area contributed by atoms with Crippen molar-refractivity contribution in [3.05, 3.63) is 29.3 Å². The Morgan fingerprint density at radius 3 is 2.57 bits per heavy atom. The van der Waals surface area contributed by atoms with Crippen molar-refractivity contribution in [2.24, 2.45) is 0 Å². The average molecular weight is 314 g/mol. The van der Waals surface area contributed by atoms with Crippen LogP contribution >= 0.6 is 0 Å². The average Bonchev–Trinajstić information content (AvgIpc) is 2.35. The van der Waals surface area contributed by atoms with Gasteiger partial charge in [0.2, 0.25) is 15.9 Å². The number of nitrogens with one attached hydrogen (secondary N) is 2. The van der Waals surface area contributed by atoms with E-state index in [1.54, 1.807) is 32.0 Å². The van der Waals surface area contributed by atoms with Gasteiger partial charge in [0.05, 0.1) is 11.0 Å². The first-order chi connectivity index (χ1) is 9.72. The third kappa shape index (κ3) is 5.82. The van der Waals surface area contributed by atoms with Crippen LogP contribution in [-0.4, -0.2) is 38.6 Å². The standard InChI is InChI=1S/C14H22N2O4S/c1-10-4-5-13(11(2)8-10)21(19,20)16-7-6-14(18)15-9-12(3)17/h4-5,8,12,16-17H,6-7,9H2,1-3H3,(H,15,18). The largest absolute Gasteiger partial charge is 0.392 e. The Morgan fingerprint density at radius 1 is 1.33 bits per heavy atom. The molecule has 6 nitrogen and oxygen atoms in total. The van der Waals surface area contributed by atoms with Crippen molar-refractivity contribution in [2.45, 2.75) is 38.2 Å². The van der Waals surface area contributed by atoms with Gasteiger partial charge in [-0.25, -0.2) is 13.1 Å². The summed E-state index contributed by atoms with van der Waals surface area (Å²) < 4.78 is 26.7. The van der Waals surface area contributed by atoms with Crippen LogP contribution < -0.4 is 10.0 Å². The maximum absolute atomic E-state index is 12.1. The van der Waals surface area contributed by atoms with Gasteiger partial charge < -0.3 is 10.4 Å². The van der Waals surface area contributed by atoms with Gasteiger partial charge in [-0.3, -0.25) is 4.79 Å². The van der Waals surface area contributed by atoms with E-state index in [4.69, 9.17) is 5.11 Å². The molecular formula is C14H22N2O4S. The molecule has 0 bridgehead atoms. The van der Waals surface area contributed by atoms with Crippen LogP contribution in [0.4, 0.5) is 0 Å². The molecule has 1 aromatic carbocycles. The van der Waals surface area contributed by atoms with E-state index in [-0.39, 0.29) is 30.3 Å². The molecule has 0 heterocycles. The van der Waals surface area contributed by atoms with Gasteiger partial charge in [-0.05, 0) is 32.4 Å². The van der Waals surface area contributed by atoms with E-state index in [1.165, 1.54) is 0 Å². The highest BCUT2D eigenvalue weighted by atomic mass is 32.2. The monoisotopic (exact) mass is 314 g/mol. The molecule has 1 atom stereocenters. The molecule has 0 aromatic heterocycles. The van der Waals surface area contributed by atoms with E-state index in [9.17, 15) is 13.2 Å². The minimum absolute atomic E-state index is 0.0152. The zero-order valence-corrected chi connectivity index (χ0v) is 13.3. The van der Waals surface area contributed by atoms with E-state index in [1.807, 2.05) is 6.92 Å². The second-order valence-corrected chi connectivity index (χ2v) is 6.81. The smallest absolute Gasteiger partial charge is 0.240 e. The Labute approximate surface area is 125 Å². The molecule has 21 heavy (non-hydrogen) atoms. The number of hydrogen-bond acceptors (Lipinski definition) is 4. The number of aryl methyl sites for hydroxylation is 2. The molecule has 3 N–H and O–H groups in total. The summed E-state index contributed by atoms with van der Waals surface area (Å²) in [6.45, 7) is 5.35. The predicted octanol–water partition coefficient (Wildman–Crippen LogP) is 0.469. The van der Waals surface area contributed by atoms with E-state index in [0.717, 1.165) is 5.56 Å². The number of aliphatic hydroxyl groups is 1. The molecule has 1 rings (SSSR count). The first-order valence-corrected chi connectivity index (χ1v) is 8.22. The molecule has 0 spiro atoms. The molecule has 1 amide bonds. The lowest BCUT2D eigenvalue weighted by Crippen LogP contribution is -2.34. The second kappa shape index (κ2) is 7.53. The Kier molecular flexibility index (Phi) is 6.32. The third-order valence-electron chi connectivity index (χ3n) is 2.86. The Bertz CT molecular complexity index is 597. The lowest BCUT2D eigenvalue weighted by atomic mass is 10.2. The van der Waals surface area contributed by atoms with Crippen LogP contribution in [0.25, 0.3) is 0 Å². The van der Waals surface area contributed by atoms with Crippen LogP contribution in [0, 0.1) is 13.8 Å². The third-order valence-corrected chi connectivity index (χ3v) is 4.48. The summed E-state index contributed by atoms with van der Waals surface area (Å²) in [4.78, 5) is 11.6. The lowest BCUT2D eigenvalue weighted by Gasteiger charge is -2.10. The minimum atomic E-state index is -3.61. The number of amides is 1. The van der Waals surface area contributed by atoms with Crippen molar-refractivity contribution < 1.29 is 18.3 Å². The molecule has 1 unspecified atom stereocenters. The van der Waals surface area contributed by atoms with Gasteiger partial charge in [-0.1, -0.05) is 17.7 Å². The van der Waals surface area contributed by atoms with E-state index >= 15 is 0 Å². The van der Waals surface area contributed by atoms with Crippen LogP contribution in [0.5, 0.6) is 0 Å². The summed E-state index contributed by atoms with van der Waals surface area (Å²) in [5.41, 5.74) is 1.66. The SMILES string of the molecule is Cc1ccc(S(=O)(=O)NCCC(=O)NCC(C)O)c(C)c1. The normalized spacial score (nSPS) is 13.0. The zero-order valence-electron chi connectivity index (χ0n) is 12.5. The van der Waals surface area contributed by atoms with Crippen molar-refractivity contribution in [1.82, 2.24) is 10.0 Å². The Morgan fingerprint density at radius 2 is 2.00 bits per heavy atom. The number of benzene rings is 1. The van der Waals surface area contributed by atoms with E-state index < -0.39 is 16.1 Å². The van der Waals surface area contributed by atoms with Crippen molar-refractivity contribution in [3.8, 4) is 0 Å². The van der Waals surface area contributed by atoms with Gasteiger partial charge >= 0.3 is 0 Å². The quantitative estimate of drug-likeness (QED) is 0.682. The molecule has 1 aromatic rings. The molecule has 0 radical (unpaired) electrons. The number of carbonyl (C=O) groups is 1. The first-order valence-electron chi connectivity index (χ1n) is 6.74. The van der Waals surface area contributed by atoms with Gasteiger partial charge in [0.25, 0.3) is 0 Å². The molecule has 0 aliphatic heterocycles. The van der Waals surface area contributed by atoms with Crippen molar-refractivity contribution in [3.63, 3.8) is 0 Å². The summed E-state index contributed by atoms with van der Waals surface area (Å²) >= 11 is 0. The van der Waals surface area contributed by atoms with Crippen molar-refractivity contribution in [2.75, 3.05) is 13.1 Å². The van der Waals surface area contributed by atoms with Gasteiger partial charge in [0.15, 0.2) is 0 Å². The highest BCUT2D eigenvalue weighted by Gasteiger charge is 2.16. The zero-order chi connectivity index (χ0) is 16.0. The molecule has 7 heteroatoms. The fraction of sp³-hybridized carbons (Fsp3) is 0.500. The van der Waals surface area contributed by atoms with E-state index in [0.29, 0.717) is 5.56 Å². The first kappa shape index (κ1) is 17.6. The molecular weight excluding hydrogens is 292 g/mol. The van der Waals surface area contributed by atoms with Gasteiger partial charge in [-0.15, -0.1) is 0 Å². The van der Waals surface area contributed by atoms with Crippen molar-refractivity contribution >= 4 is 15.9 Å². The van der Waals surface area contributed by atoms with Gasteiger partial charge in [-0.2, -0.15) is 0 Å². The number of carbonyl (C=O) groups excluding carboxylic acids is 1. The Hall–Kier alpha value is -1.44. The predicted molar refractivity (Wildman–Crippen MR) is 80.4 cm³/mol. The fourth-order valence-electron chi connectivity index (χ4n) is 1.83. The molecule has 0 fully saturated rings. The Balaban J connectivity index is 2.56. The summed E-state index contributed by atoms with van der Waals surface area (Å²) in [7, 11) is -3.61. The van der Waals surface area contributed by atoms with Gasteiger partial charge in [0.1, 0.15) is 0 Å². The van der Waals surface area contributed by atoms with Crippen LogP contribution in [0.15, 0.2) is 23.1 Å². The van der Waals surface area contributed by atoms with Crippen LogP contribution in [0.1, 0.15) is 24.5 Å². The maximum atomic E-state index is 12.1. The highest BCUT2D eigenvalue weighted by Crippen LogP contribution is 2.15. The second-order valence-electron chi connectivity index (χ2n) is 5.07. The summed E-state index contributed by atoms with van der Waals surface area (Å²) in [6.07, 6.45) is -0.600. The lowest BCUT2D eigenvalue weighted by molar-refractivity contribution is -0.121. The van der Waals surface area contributed by atoms with E-state index in [2.05, 4.69) is 10.0 Å². The summed E-state index contributed by atoms with van der Waals surface area (Å²) in [5, 5.41) is 11.5. The fourth-order valence-corrected chi connectivity index (χ4v) is 3.08. The minimum Gasteiger partial charge on any atom is -0.392 e. The molecule has 0 aliphatic rings. The van der Waals surface area contributed by atoms with Crippen molar-refractivity contribution in [1.29, 1.82) is 0 Å². The molecule has 0 saturated heterocycles. The van der Waals surface area contributed by atoms with Crippen LogP contribution in [-0.2, 0) is 14.8 Å². The molecule has 118 valence electrons.